The predicted octanol–water partition coefficient (Wildman–Crippen LogP) is 3.85. The second-order valence-electron chi connectivity index (χ2n) is 4.23. The van der Waals surface area contributed by atoms with Crippen molar-refractivity contribution >= 4 is 0 Å². The zero-order valence-corrected chi connectivity index (χ0v) is 10.5. The van der Waals surface area contributed by atoms with Gasteiger partial charge in [0.05, 0.1) is 0 Å². The first-order valence-corrected chi connectivity index (χ1v) is 6.04. The third-order valence-corrected chi connectivity index (χ3v) is 2.70. The van der Waals surface area contributed by atoms with Crippen LogP contribution in [0.3, 0.4) is 0 Å². The first-order valence-electron chi connectivity index (χ1n) is 6.04. The van der Waals surface area contributed by atoms with Gasteiger partial charge >= 0.3 is 0 Å². The lowest BCUT2D eigenvalue weighted by atomic mass is 10.2. The maximum Gasteiger partial charge on any atom is 0.0162 e. The van der Waals surface area contributed by atoms with E-state index in [1.165, 1.54) is 44.2 Å². The summed E-state index contributed by atoms with van der Waals surface area (Å²) in [7, 11) is 2.21. The Morgan fingerprint density at radius 3 is 2.43 bits per heavy atom. The van der Waals surface area contributed by atoms with Crippen molar-refractivity contribution in [1.29, 1.82) is 0 Å². The monoisotopic (exact) mass is 197 g/mol. The summed E-state index contributed by atoms with van der Waals surface area (Å²) in [5.41, 5.74) is 1.51. The molecule has 0 radical (unpaired) electrons. The van der Waals surface area contributed by atoms with Gasteiger partial charge in [-0.25, -0.2) is 0 Å². The molecule has 0 aromatic carbocycles. The lowest BCUT2D eigenvalue weighted by molar-refractivity contribution is 0.356. The Labute approximate surface area is 90.2 Å². The number of nitrogens with zero attached hydrogens (tertiary/aromatic N) is 1. The number of rotatable bonds is 8. The van der Waals surface area contributed by atoms with E-state index in [1.54, 1.807) is 0 Å². The van der Waals surface area contributed by atoms with Gasteiger partial charge in [-0.15, -0.1) is 0 Å². The van der Waals surface area contributed by atoms with E-state index in [4.69, 9.17) is 0 Å². The van der Waals surface area contributed by atoms with Gasteiger partial charge in [0.25, 0.3) is 0 Å². The van der Waals surface area contributed by atoms with Gasteiger partial charge < -0.3 is 4.90 Å². The van der Waals surface area contributed by atoms with Gasteiger partial charge in [-0.05, 0) is 33.4 Å². The van der Waals surface area contributed by atoms with E-state index < -0.39 is 0 Å². The molecule has 0 aromatic rings. The molecule has 0 aliphatic heterocycles. The van der Waals surface area contributed by atoms with Crippen molar-refractivity contribution in [3.8, 4) is 0 Å². The fourth-order valence-electron chi connectivity index (χ4n) is 1.36. The average molecular weight is 197 g/mol. The van der Waals surface area contributed by atoms with E-state index >= 15 is 0 Å². The number of allylic oxidation sites excluding steroid dienone is 1. The topological polar surface area (TPSA) is 3.24 Å². The Morgan fingerprint density at radius 1 is 1.14 bits per heavy atom. The summed E-state index contributed by atoms with van der Waals surface area (Å²) in [4.78, 5) is 2.41. The van der Waals surface area contributed by atoms with Crippen LogP contribution in [-0.4, -0.2) is 25.0 Å². The minimum atomic E-state index is 1.12. The van der Waals surface area contributed by atoms with Crippen LogP contribution in [0.1, 0.15) is 52.9 Å². The molecular formula is C13H27N. The Morgan fingerprint density at radius 2 is 1.86 bits per heavy atom. The highest BCUT2D eigenvalue weighted by Gasteiger charge is 1.95. The van der Waals surface area contributed by atoms with Crippen LogP contribution in [0, 0.1) is 0 Å². The normalized spacial score (nSPS) is 12.5. The highest BCUT2D eigenvalue weighted by atomic mass is 15.1. The van der Waals surface area contributed by atoms with Crippen LogP contribution in [-0.2, 0) is 0 Å². The minimum absolute atomic E-state index is 1.12. The molecule has 1 heteroatoms. The summed E-state index contributed by atoms with van der Waals surface area (Å²) in [6.45, 7) is 9.05. The van der Waals surface area contributed by atoms with Gasteiger partial charge in [-0.2, -0.15) is 0 Å². The van der Waals surface area contributed by atoms with Gasteiger partial charge in [0.2, 0.25) is 0 Å². The van der Waals surface area contributed by atoms with Crippen LogP contribution < -0.4 is 0 Å². The maximum absolute atomic E-state index is 2.41. The summed E-state index contributed by atoms with van der Waals surface area (Å²) in [5, 5.41) is 0. The van der Waals surface area contributed by atoms with E-state index in [0.717, 1.165) is 6.54 Å². The molecule has 0 spiro atoms. The maximum atomic E-state index is 2.41. The van der Waals surface area contributed by atoms with Crippen molar-refractivity contribution in [1.82, 2.24) is 4.90 Å². The van der Waals surface area contributed by atoms with Gasteiger partial charge in [-0.3, -0.25) is 0 Å². The molecule has 0 fully saturated rings. The fourth-order valence-corrected chi connectivity index (χ4v) is 1.36. The van der Waals surface area contributed by atoms with E-state index in [0.29, 0.717) is 0 Å². The standard InChI is InChI=1S/C13H27N/c1-5-7-8-9-11-14(4)12-10-13(3)6-2/h10H,5-9,11-12H2,1-4H3. The molecule has 0 saturated carbocycles. The Bertz CT molecular complexity index is 149. The highest BCUT2D eigenvalue weighted by Crippen LogP contribution is 2.02. The van der Waals surface area contributed by atoms with Crippen molar-refractivity contribution in [3.05, 3.63) is 11.6 Å². The van der Waals surface area contributed by atoms with Gasteiger partial charge in [0.1, 0.15) is 0 Å². The molecule has 0 rings (SSSR count). The smallest absolute Gasteiger partial charge is 0.0162 e. The molecule has 0 atom stereocenters. The Balaban J connectivity index is 3.41. The van der Waals surface area contributed by atoms with Crippen molar-refractivity contribution in [2.45, 2.75) is 52.9 Å². The molecule has 0 saturated heterocycles. The molecular weight excluding hydrogens is 170 g/mol. The third-order valence-electron chi connectivity index (χ3n) is 2.70. The second-order valence-corrected chi connectivity index (χ2v) is 4.23. The van der Waals surface area contributed by atoms with E-state index in [1.807, 2.05) is 0 Å². The molecule has 0 unspecified atom stereocenters. The minimum Gasteiger partial charge on any atom is -0.303 e. The largest absolute Gasteiger partial charge is 0.303 e. The molecule has 0 aliphatic rings. The zero-order valence-electron chi connectivity index (χ0n) is 10.5. The Hall–Kier alpha value is -0.300. The summed E-state index contributed by atoms with van der Waals surface area (Å²) in [6.07, 6.45) is 8.99. The SMILES string of the molecule is CCCCCCN(C)CC=C(C)CC. The molecule has 14 heavy (non-hydrogen) atoms. The van der Waals surface area contributed by atoms with Gasteiger partial charge in [-0.1, -0.05) is 44.8 Å². The third kappa shape index (κ3) is 8.31. The lowest BCUT2D eigenvalue weighted by Gasteiger charge is -2.14. The van der Waals surface area contributed by atoms with Crippen LogP contribution in [0.4, 0.5) is 0 Å². The lowest BCUT2D eigenvalue weighted by Crippen LogP contribution is -2.19. The van der Waals surface area contributed by atoms with Crippen molar-refractivity contribution < 1.29 is 0 Å². The van der Waals surface area contributed by atoms with Crippen LogP contribution in [0.25, 0.3) is 0 Å². The quantitative estimate of drug-likeness (QED) is 0.422. The number of hydrogen-bond acceptors (Lipinski definition) is 1. The molecule has 0 aliphatic carbocycles. The van der Waals surface area contributed by atoms with E-state index in [2.05, 4.69) is 38.8 Å². The summed E-state index contributed by atoms with van der Waals surface area (Å²) in [6, 6.07) is 0. The molecule has 0 aromatic heterocycles. The van der Waals surface area contributed by atoms with Crippen molar-refractivity contribution in [2.24, 2.45) is 0 Å². The fraction of sp³-hybridized carbons (Fsp3) is 0.846. The molecule has 0 N–H and O–H groups in total. The van der Waals surface area contributed by atoms with Crippen molar-refractivity contribution in [3.63, 3.8) is 0 Å². The second kappa shape index (κ2) is 9.26. The number of likely N-dealkylation sites (N-methyl/N-ethyl adjacent to an activating group) is 1. The summed E-state index contributed by atoms with van der Waals surface area (Å²) < 4.78 is 0. The molecule has 1 nitrogen and oxygen atoms in total. The molecule has 84 valence electrons. The zero-order chi connectivity index (χ0) is 10.8. The number of hydrogen-bond donors (Lipinski definition) is 0. The van der Waals surface area contributed by atoms with Crippen LogP contribution >= 0.6 is 0 Å². The van der Waals surface area contributed by atoms with Crippen LogP contribution in [0.5, 0.6) is 0 Å². The molecule has 0 heterocycles. The first kappa shape index (κ1) is 13.7. The van der Waals surface area contributed by atoms with Gasteiger partial charge in [0, 0.05) is 6.54 Å². The van der Waals surface area contributed by atoms with E-state index in [9.17, 15) is 0 Å². The summed E-state index contributed by atoms with van der Waals surface area (Å²) in [5.74, 6) is 0. The first-order chi connectivity index (χ1) is 6.70. The summed E-state index contributed by atoms with van der Waals surface area (Å²) >= 11 is 0. The Kier molecular flexibility index (Phi) is 9.06. The average Bonchev–Trinajstić information content (AvgIpc) is 2.21. The van der Waals surface area contributed by atoms with Crippen LogP contribution in [0.2, 0.25) is 0 Å². The van der Waals surface area contributed by atoms with E-state index in [-0.39, 0.29) is 0 Å². The molecule has 0 bridgehead atoms. The van der Waals surface area contributed by atoms with Crippen LogP contribution in [0.15, 0.2) is 11.6 Å². The van der Waals surface area contributed by atoms with Gasteiger partial charge in [0.15, 0.2) is 0 Å². The number of unbranched alkanes of at least 4 members (excludes halogenated alkanes) is 3. The highest BCUT2D eigenvalue weighted by molar-refractivity contribution is 4.97. The predicted molar refractivity (Wildman–Crippen MR) is 65.7 cm³/mol. The van der Waals surface area contributed by atoms with Crippen molar-refractivity contribution in [2.75, 3.05) is 20.1 Å². The molecule has 0 amide bonds.